The van der Waals surface area contributed by atoms with Gasteiger partial charge in [-0.1, -0.05) is 128 Å². The van der Waals surface area contributed by atoms with Crippen LogP contribution in [0.5, 0.6) is 0 Å². The monoisotopic (exact) mass is 320 g/mol. The molecule has 0 saturated carbocycles. The van der Waals surface area contributed by atoms with E-state index in [1.807, 2.05) is 0 Å². The summed E-state index contributed by atoms with van der Waals surface area (Å²) >= 11 is 0. The molecule has 1 aliphatic rings. The second-order valence-electron chi connectivity index (χ2n) is 7.10. The summed E-state index contributed by atoms with van der Waals surface area (Å²) in [6, 6.07) is 0. The van der Waals surface area contributed by atoms with Gasteiger partial charge in [-0.25, -0.2) is 0 Å². The fourth-order valence-corrected chi connectivity index (χ4v) is 3.00. The fraction of sp³-hybridized carbons (Fsp3) is 0.826. The van der Waals surface area contributed by atoms with Crippen molar-refractivity contribution in [2.45, 2.75) is 124 Å². The summed E-state index contributed by atoms with van der Waals surface area (Å²) in [5, 5.41) is 0. The zero-order valence-electron chi connectivity index (χ0n) is 16.5. The predicted octanol–water partition coefficient (Wildman–Crippen LogP) is 8.77. The molecule has 0 atom stereocenters. The predicted molar refractivity (Wildman–Crippen MR) is 108 cm³/mol. The Hall–Kier alpha value is -0.520. The third-order valence-electron chi connectivity index (χ3n) is 4.66. The molecule has 136 valence electrons. The maximum atomic E-state index is 2.29. The number of allylic oxidation sites excluding steroid dienone is 4. The number of unbranched alkanes of at least 4 members (excludes halogenated alkanes) is 12. The molecule has 0 heterocycles. The molecule has 0 nitrogen and oxygen atoms in total. The molecular weight excluding hydrogens is 276 g/mol. The summed E-state index contributed by atoms with van der Waals surface area (Å²) < 4.78 is 0. The molecule has 1 aliphatic carbocycles. The second-order valence-corrected chi connectivity index (χ2v) is 7.10. The standard InChI is InChI=1S/C14H30.C9H14/c1-3-5-7-9-11-13-14-12-10-8-6-4-2;1-2-3-6-9-7-4-5-8-9/h3-14H2,1-2H3;4-5,7H,2-3,6,8H2,1H3. The van der Waals surface area contributed by atoms with E-state index in [0.717, 1.165) is 0 Å². The lowest BCUT2D eigenvalue weighted by Crippen LogP contribution is -1.81. The van der Waals surface area contributed by atoms with Gasteiger partial charge in [0, 0.05) is 0 Å². The van der Waals surface area contributed by atoms with Crippen LogP contribution < -0.4 is 0 Å². The SMILES string of the molecule is CCCCC1=CC=CC1.CCCCCCCCCCCCCC. The van der Waals surface area contributed by atoms with Crippen LogP contribution in [0.25, 0.3) is 0 Å². The van der Waals surface area contributed by atoms with E-state index in [2.05, 4.69) is 39.0 Å². The first-order valence-electron chi connectivity index (χ1n) is 10.7. The van der Waals surface area contributed by atoms with Crippen LogP contribution in [0.4, 0.5) is 0 Å². The highest BCUT2D eigenvalue weighted by Gasteiger charge is 1.96. The van der Waals surface area contributed by atoms with Crippen LogP contribution in [-0.2, 0) is 0 Å². The minimum absolute atomic E-state index is 1.21. The van der Waals surface area contributed by atoms with E-state index in [0.29, 0.717) is 0 Å². The Labute approximate surface area is 147 Å². The van der Waals surface area contributed by atoms with Crippen LogP contribution in [0.1, 0.15) is 124 Å². The summed E-state index contributed by atoms with van der Waals surface area (Å²) in [5.41, 5.74) is 1.61. The van der Waals surface area contributed by atoms with E-state index in [9.17, 15) is 0 Å². The van der Waals surface area contributed by atoms with Crippen LogP contribution in [-0.4, -0.2) is 0 Å². The Balaban J connectivity index is 0.000000459. The molecule has 0 aromatic rings. The van der Waals surface area contributed by atoms with Crippen molar-refractivity contribution in [1.29, 1.82) is 0 Å². The number of hydrogen-bond acceptors (Lipinski definition) is 0. The van der Waals surface area contributed by atoms with Crippen LogP contribution in [0, 0.1) is 0 Å². The molecule has 0 unspecified atom stereocenters. The highest BCUT2D eigenvalue weighted by atomic mass is 14.0. The minimum atomic E-state index is 1.21. The van der Waals surface area contributed by atoms with Crippen molar-refractivity contribution >= 4 is 0 Å². The molecule has 0 heteroatoms. The van der Waals surface area contributed by atoms with E-state index in [1.165, 1.54) is 103 Å². The van der Waals surface area contributed by atoms with Gasteiger partial charge >= 0.3 is 0 Å². The molecular formula is C23H44. The van der Waals surface area contributed by atoms with Crippen molar-refractivity contribution in [2.24, 2.45) is 0 Å². The Morgan fingerprint density at radius 3 is 1.39 bits per heavy atom. The highest BCUT2D eigenvalue weighted by molar-refractivity contribution is 5.22. The molecule has 0 aromatic heterocycles. The molecule has 0 aromatic carbocycles. The summed E-state index contributed by atoms with van der Waals surface area (Å²) in [7, 11) is 0. The Kier molecular flexibility index (Phi) is 19.1. The van der Waals surface area contributed by atoms with E-state index < -0.39 is 0 Å². The average Bonchev–Trinajstić information content (AvgIpc) is 3.09. The molecule has 0 radical (unpaired) electrons. The molecule has 0 saturated heterocycles. The van der Waals surface area contributed by atoms with Gasteiger partial charge in [0.05, 0.1) is 0 Å². The van der Waals surface area contributed by atoms with Gasteiger partial charge in [0.25, 0.3) is 0 Å². The van der Waals surface area contributed by atoms with E-state index in [4.69, 9.17) is 0 Å². The van der Waals surface area contributed by atoms with Gasteiger partial charge in [-0.2, -0.15) is 0 Å². The van der Waals surface area contributed by atoms with E-state index in [-0.39, 0.29) is 0 Å². The lowest BCUT2D eigenvalue weighted by molar-refractivity contribution is 0.548. The van der Waals surface area contributed by atoms with Gasteiger partial charge in [0.15, 0.2) is 0 Å². The maximum Gasteiger partial charge on any atom is -0.0133 e. The molecule has 0 bridgehead atoms. The van der Waals surface area contributed by atoms with Crippen molar-refractivity contribution in [3.05, 3.63) is 23.8 Å². The maximum absolute atomic E-state index is 2.29. The van der Waals surface area contributed by atoms with Gasteiger partial charge in [0.1, 0.15) is 0 Å². The van der Waals surface area contributed by atoms with Crippen molar-refractivity contribution in [3.8, 4) is 0 Å². The number of hydrogen-bond donors (Lipinski definition) is 0. The Morgan fingerprint density at radius 2 is 1.04 bits per heavy atom. The number of rotatable bonds is 14. The van der Waals surface area contributed by atoms with Gasteiger partial charge in [-0.05, 0) is 19.3 Å². The van der Waals surface area contributed by atoms with Crippen molar-refractivity contribution in [1.82, 2.24) is 0 Å². The first-order chi connectivity index (χ1) is 11.3. The molecule has 0 fully saturated rings. The lowest BCUT2D eigenvalue weighted by Gasteiger charge is -2.01. The quantitative estimate of drug-likeness (QED) is 0.280. The van der Waals surface area contributed by atoms with Crippen LogP contribution >= 0.6 is 0 Å². The van der Waals surface area contributed by atoms with Crippen LogP contribution in [0.2, 0.25) is 0 Å². The normalized spacial score (nSPS) is 12.9. The van der Waals surface area contributed by atoms with Gasteiger partial charge < -0.3 is 0 Å². The molecule has 0 aliphatic heterocycles. The van der Waals surface area contributed by atoms with Crippen molar-refractivity contribution in [3.63, 3.8) is 0 Å². The molecule has 0 N–H and O–H groups in total. The van der Waals surface area contributed by atoms with Crippen molar-refractivity contribution < 1.29 is 0 Å². The third kappa shape index (κ3) is 17.7. The average molecular weight is 321 g/mol. The van der Waals surface area contributed by atoms with Crippen molar-refractivity contribution in [2.75, 3.05) is 0 Å². The smallest absolute Gasteiger partial charge is 0.0133 e. The molecule has 1 rings (SSSR count). The zero-order valence-corrected chi connectivity index (χ0v) is 16.5. The summed E-state index contributed by atoms with van der Waals surface area (Å²) in [5.74, 6) is 0. The van der Waals surface area contributed by atoms with Crippen LogP contribution in [0.15, 0.2) is 23.8 Å². The lowest BCUT2D eigenvalue weighted by atomic mass is 10.1. The zero-order chi connectivity index (χ0) is 17.0. The van der Waals surface area contributed by atoms with Gasteiger partial charge in [-0.15, -0.1) is 0 Å². The first-order valence-corrected chi connectivity index (χ1v) is 10.7. The molecule has 23 heavy (non-hydrogen) atoms. The summed E-state index contributed by atoms with van der Waals surface area (Å²) in [6.07, 6.45) is 29.2. The third-order valence-corrected chi connectivity index (χ3v) is 4.66. The molecule has 0 spiro atoms. The Morgan fingerprint density at radius 1 is 0.609 bits per heavy atom. The van der Waals surface area contributed by atoms with E-state index >= 15 is 0 Å². The fourth-order valence-electron chi connectivity index (χ4n) is 3.00. The Bertz CT molecular complexity index is 260. The topological polar surface area (TPSA) is 0 Å². The van der Waals surface area contributed by atoms with Gasteiger partial charge in [0.2, 0.25) is 0 Å². The van der Waals surface area contributed by atoms with Gasteiger partial charge in [-0.3, -0.25) is 0 Å². The second kappa shape index (κ2) is 19.5. The first kappa shape index (κ1) is 22.5. The van der Waals surface area contributed by atoms with Crippen LogP contribution in [0.3, 0.4) is 0 Å². The van der Waals surface area contributed by atoms with E-state index in [1.54, 1.807) is 5.57 Å². The summed E-state index contributed by atoms with van der Waals surface area (Å²) in [4.78, 5) is 0. The largest absolute Gasteiger partial charge is 0.0805 e. The minimum Gasteiger partial charge on any atom is -0.0805 e. The highest BCUT2D eigenvalue weighted by Crippen LogP contribution is 2.16. The molecule has 0 amide bonds. The summed E-state index contributed by atoms with van der Waals surface area (Å²) in [6.45, 7) is 6.81.